The molecule has 0 aromatic heterocycles. The van der Waals surface area contributed by atoms with Crippen molar-refractivity contribution in [2.75, 3.05) is 5.73 Å². The van der Waals surface area contributed by atoms with Gasteiger partial charge in [0.2, 0.25) is 0 Å². The van der Waals surface area contributed by atoms with Gasteiger partial charge in [0.25, 0.3) is 0 Å². The molecule has 0 heterocycles. The largest absolute Gasteiger partial charge is 0.478 e. The zero-order valence-electron chi connectivity index (χ0n) is 10.8. The van der Waals surface area contributed by atoms with Crippen molar-refractivity contribution < 1.29 is 9.90 Å². The van der Waals surface area contributed by atoms with Crippen LogP contribution in [0.3, 0.4) is 0 Å². The summed E-state index contributed by atoms with van der Waals surface area (Å²) in [5, 5.41) is 9.15. The van der Waals surface area contributed by atoms with Crippen LogP contribution in [0.4, 0.5) is 5.69 Å². The second kappa shape index (κ2) is 5.36. The van der Waals surface area contributed by atoms with Crippen LogP contribution in [-0.2, 0) is 0 Å². The average molecular weight is 273 g/mol. The van der Waals surface area contributed by atoms with Gasteiger partial charge in [-0.3, -0.25) is 0 Å². The van der Waals surface area contributed by atoms with E-state index in [1.165, 1.54) is 5.56 Å². The van der Waals surface area contributed by atoms with Gasteiger partial charge in [-0.15, -0.1) is 0 Å². The lowest BCUT2D eigenvalue weighted by Crippen LogP contribution is -2.04. The average Bonchev–Trinajstić information content (AvgIpc) is 2.36. The predicted molar refractivity (Wildman–Crippen MR) is 77.9 cm³/mol. The maximum atomic E-state index is 11.2. The third-order valence-electron chi connectivity index (χ3n) is 2.91. The Balaban J connectivity index is 2.42. The summed E-state index contributed by atoms with van der Waals surface area (Å²) in [4.78, 5) is 13.2. The molecular formula is C15H15NO2S. The Hall–Kier alpha value is -1.94. The van der Waals surface area contributed by atoms with Crippen molar-refractivity contribution in [3.63, 3.8) is 0 Å². The quantitative estimate of drug-likeness (QED) is 0.836. The van der Waals surface area contributed by atoms with Crippen LogP contribution in [0.5, 0.6) is 0 Å². The van der Waals surface area contributed by atoms with Gasteiger partial charge in [-0.25, -0.2) is 4.79 Å². The molecule has 98 valence electrons. The lowest BCUT2D eigenvalue weighted by atomic mass is 10.1. The van der Waals surface area contributed by atoms with Crippen molar-refractivity contribution in [1.82, 2.24) is 0 Å². The number of anilines is 1. The summed E-state index contributed by atoms with van der Waals surface area (Å²) < 4.78 is 0. The Labute approximate surface area is 116 Å². The van der Waals surface area contributed by atoms with Crippen LogP contribution < -0.4 is 5.73 Å². The summed E-state index contributed by atoms with van der Waals surface area (Å²) in [6.45, 7) is 3.86. The van der Waals surface area contributed by atoms with E-state index < -0.39 is 5.97 Å². The lowest BCUT2D eigenvalue weighted by Gasteiger charge is -2.10. The summed E-state index contributed by atoms with van der Waals surface area (Å²) in [7, 11) is 0. The standard InChI is InChI=1S/C15H15NO2S/c1-9-5-3-4-6-13(9)19-11-7-10(2)14(16)12(8-11)15(17)18/h3-8H,16H2,1-2H3,(H,17,18). The maximum Gasteiger partial charge on any atom is 0.337 e. The molecule has 0 aliphatic carbocycles. The molecule has 0 fully saturated rings. The molecule has 3 nitrogen and oxygen atoms in total. The number of rotatable bonds is 3. The molecule has 3 N–H and O–H groups in total. The van der Waals surface area contributed by atoms with Gasteiger partial charge in [0.1, 0.15) is 0 Å². The zero-order valence-corrected chi connectivity index (χ0v) is 11.6. The lowest BCUT2D eigenvalue weighted by molar-refractivity contribution is 0.0697. The number of carbonyl (C=O) groups is 1. The summed E-state index contributed by atoms with van der Waals surface area (Å²) in [6.07, 6.45) is 0. The number of hydrogen-bond acceptors (Lipinski definition) is 3. The van der Waals surface area contributed by atoms with Crippen LogP contribution in [0, 0.1) is 13.8 Å². The van der Waals surface area contributed by atoms with Crippen LogP contribution in [0.1, 0.15) is 21.5 Å². The highest BCUT2D eigenvalue weighted by Crippen LogP contribution is 2.33. The highest BCUT2D eigenvalue weighted by Gasteiger charge is 2.12. The van der Waals surface area contributed by atoms with Gasteiger partial charge in [-0.2, -0.15) is 0 Å². The first-order chi connectivity index (χ1) is 8.99. The van der Waals surface area contributed by atoms with E-state index in [0.717, 1.165) is 15.4 Å². The number of nitrogens with two attached hydrogens (primary N) is 1. The summed E-state index contributed by atoms with van der Waals surface area (Å²) in [5.74, 6) is -0.993. The highest BCUT2D eigenvalue weighted by atomic mass is 32.2. The predicted octanol–water partition coefficient (Wildman–Crippen LogP) is 3.74. The van der Waals surface area contributed by atoms with E-state index in [2.05, 4.69) is 0 Å². The zero-order chi connectivity index (χ0) is 14.0. The number of hydrogen-bond donors (Lipinski definition) is 2. The van der Waals surface area contributed by atoms with Crippen molar-refractivity contribution in [3.8, 4) is 0 Å². The molecule has 0 saturated heterocycles. The molecule has 2 aromatic rings. The van der Waals surface area contributed by atoms with Crippen LogP contribution in [0.2, 0.25) is 0 Å². The minimum absolute atomic E-state index is 0.163. The molecule has 2 rings (SSSR count). The smallest absolute Gasteiger partial charge is 0.337 e. The summed E-state index contributed by atoms with van der Waals surface area (Å²) in [5.41, 5.74) is 8.24. The maximum absolute atomic E-state index is 11.2. The van der Waals surface area contributed by atoms with Gasteiger partial charge in [0, 0.05) is 15.5 Å². The Morgan fingerprint density at radius 3 is 2.47 bits per heavy atom. The van der Waals surface area contributed by atoms with Crippen molar-refractivity contribution in [3.05, 3.63) is 53.1 Å². The van der Waals surface area contributed by atoms with Gasteiger partial charge in [-0.05, 0) is 43.2 Å². The summed E-state index contributed by atoms with van der Waals surface area (Å²) >= 11 is 1.55. The number of carboxylic acids is 1. The number of nitrogen functional groups attached to an aromatic ring is 1. The van der Waals surface area contributed by atoms with E-state index in [4.69, 9.17) is 10.8 Å². The third-order valence-corrected chi connectivity index (χ3v) is 4.06. The van der Waals surface area contributed by atoms with Crippen LogP contribution >= 0.6 is 11.8 Å². The summed E-state index contributed by atoms with van der Waals surface area (Å²) in [6, 6.07) is 11.5. The number of aryl methyl sites for hydroxylation is 2. The van der Waals surface area contributed by atoms with Crippen molar-refractivity contribution in [1.29, 1.82) is 0 Å². The second-order valence-corrected chi connectivity index (χ2v) is 5.49. The second-order valence-electron chi connectivity index (χ2n) is 4.37. The third kappa shape index (κ3) is 2.90. The monoisotopic (exact) mass is 273 g/mol. The van der Waals surface area contributed by atoms with E-state index in [-0.39, 0.29) is 5.56 Å². The van der Waals surface area contributed by atoms with E-state index in [1.807, 2.05) is 44.2 Å². The molecule has 0 saturated carbocycles. The van der Waals surface area contributed by atoms with Crippen LogP contribution in [0.25, 0.3) is 0 Å². The SMILES string of the molecule is Cc1ccccc1Sc1cc(C)c(N)c(C(=O)O)c1. The molecule has 4 heteroatoms. The Kier molecular flexibility index (Phi) is 3.81. The van der Waals surface area contributed by atoms with E-state index >= 15 is 0 Å². The normalized spacial score (nSPS) is 10.4. The van der Waals surface area contributed by atoms with E-state index in [9.17, 15) is 4.79 Å². The molecule has 0 amide bonds. The first-order valence-electron chi connectivity index (χ1n) is 5.86. The highest BCUT2D eigenvalue weighted by molar-refractivity contribution is 7.99. The van der Waals surface area contributed by atoms with Gasteiger partial charge in [0.05, 0.1) is 5.56 Å². The molecular weight excluding hydrogens is 258 g/mol. The molecule has 0 unspecified atom stereocenters. The topological polar surface area (TPSA) is 63.3 Å². The van der Waals surface area contributed by atoms with Gasteiger partial charge in [-0.1, -0.05) is 30.0 Å². The Morgan fingerprint density at radius 2 is 1.84 bits per heavy atom. The van der Waals surface area contributed by atoms with E-state index in [1.54, 1.807) is 17.8 Å². The van der Waals surface area contributed by atoms with Crippen LogP contribution in [0.15, 0.2) is 46.2 Å². The van der Waals surface area contributed by atoms with Crippen molar-refractivity contribution in [2.24, 2.45) is 0 Å². The molecule has 0 spiro atoms. The van der Waals surface area contributed by atoms with Crippen molar-refractivity contribution in [2.45, 2.75) is 23.6 Å². The first-order valence-corrected chi connectivity index (χ1v) is 6.67. The van der Waals surface area contributed by atoms with E-state index in [0.29, 0.717) is 5.69 Å². The Bertz CT molecular complexity index is 638. The minimum Gasteiger partial charge on any atom is -0.478 e. The number of aromatic carboxylic acids is 1. The molecule has 0 bridgehead atoms. The molecule has 2 aromatic carbocycles. The van der Waals surface area contributed by atoms with Gasteiger partial charge in [0.15, 0.2) is 0 Å². The van der Waals surface area contributed by atoms with Crippen LogP contribution in [-0.4, -0.2) is 11.1 Å². The van der Waals surface area contributed by atoms with Gasteiger partial charge >= 0.3 is 5.97 Å². The fraction of sp³-hybridized carbons (Fsp3) is 0.133. The Morgan fingerprint density at radius 1 is 1.16 bits per heavy atom. The van der Waals surface area contributed by atoms with Gasteiger partial charge < -0.3 is 10.8 Å². The molecule has 0 atom stereocenters. The molecule has 19 heavy (non-hydrogen) atoms. The molecule has 0 radical (unpaired) electrons. The first kappa shape index (κ1) is 13.5. The number of carboxylic acid groups (broad SMARTS) is 1. The fourth-order valence-electron chi connectivity index (χ4n) is 1.80. The van der Waals surface area contributed by atoms with Crippen molar-refractivity contribution >= 4 is 23.4 Å². The molecule has 0 aliphatic heterocycles. The minimum atomic E-state index is -0.993. The molecule has 0 aliphatic rings. The fourth-order valence-corrected chi connectivity index (χ4v) is 2.84. The number of benzene rings is 2.